The minimum absolute atomic E-state index is 0.0756. The summed E-state index contributed by atoms with van der Waals surface area (Å²) in [6.45, 7) is 3.57. The molecule has 1 aromatic carbocycles. The zero-order valence-corrected chi connectivity index (χ0v) is 9.83. The number of rotatable bonds is 4. The fourth-order valence-electron chi connectivity index (χ4n) is 1.47. The Hall–Kier alpha value is -1.13. The van der Waals surface area contributed by atoms with E-state index in [1.807, 2.05) is 13.8 Å². The monoisotopic (exact) mass is 227 g/mol. The van der Waals surface area contributed by atoms with E-state index < -0.39 is 11.5 Å². The molecule has 3 N–H and O–H groups in total. The molecular formula is C12H18FNO2. The molecular weight excluding hydrogens is 209 g/mol. The van der Waals surface area contributed by atoms with E-state index in [2.05, 4.69) is 0 Å². The van der Waals surface area contributed by atoms with Crippen LogP contribution in [0.1, 0.15) is 25.5 Å². The molecule has 0 saturated heterocycles. The lowest BCUT2D eigenvalue weighted by atomic mass is 9.81. The second-order valence-electron chi connectivity index (χ2n) is 4.51. The first-order valence-corrected chi connectivity index (χ1v) is 5.12. The van der Waals surface area contributed by atoms with Crippen LogP contribution in [0.4, 0.5) is 4.39 Å². The van der Waals surface area contributed by atoms with E-state index in [4.69, 9.17) is 10.5 Å². The molecule has 0 aliphatic carbocycles. The molecule has 0 radical (unpaired) electrons. The fourth-order valence-corrected chi connectivity index (χ4v) is 1.47. The maximum Gasteiger partial charge on any atom is 0.123 e. The number of hydrogen-bond donors (Lipinski definition) is 2. The summed E-state index contributed by atoms with van der Waals surface area (Å²) in [6, 6.07) is 3.73. The Bertz CT molecular complexity index is 366. The summed E-state index contributed by atoms with van der Waals surface area (Å²) in [5.74, 6) is 0.176. The van der Waals surface area contributed by atoms with Crippen molar-refractivity contribution in [1.82, 2.24) is 0 Å². The third kappa shape index (κ3) is 2.51. The van der Waals surface area contributed by atoms with Gasteiger partial charge in [-0.25, -0.2) is 4.39 Å². The van der Waals surface area contributed by atoms with Crippen LogP contribution in [-0.4, -0.2) is 18.8 Å². The smallest absolute Gasteiger partial charge is 0.123 e. The number of hydrogen-bond acceptors (Lipinski definition) is 3. The summed E-state index contributed by atoms with van der Waals surface area (Å²) >= 11 is 0. The van der Waals surface area contributed by atoms with Crippen LogP contribution < -0.4 is 10.5 Å². The van der Waals surface area contributed by atoms with Crippen molar-refractivity contribution in [2.24, 2.45) is 11.1 Å². The molecule has 0 aromatic heterocycles. The molecule has 0 heterocycles. The maximum absolute atomic E-state index is 13.2. The third-order valence-electron chi connectivity index (χ3n) is 2.78. The largest absolute Gasteiger partial charge is 0.496 e. The molecule has 4 heteroatoms. The number of aliphatic hydroxyl groups is 1. The molecule has 0 bridgehead atoms. The number of aliphatic hydroxyl groups excluding tert-OH is 1. The van der Waals surface area contributed by atoms with Gasteiger partial charge >= 0.3 is 0 Å². The van der Waals surface area contributed by atoms with E-state index in [9.17, 15) is 9.50 Å². The summed E-state index contributed by atoms with van der Waals surface area (Å²) in [4.78, 5) is 0. The first-order valence-electron chi connectivity index (χ1n) is 5.12. The van der Waals surface area contributed by atoms with Crippen molar-refractivity contribution in [1.29, 1.82) is 0 Å². The lowest BCUT2D eigenvalue weighted by Gasteiger charge is -2.30. The number of methoxy groups -OCH3 is 1. The molecule has 0 unspecified atom stereocenters. The topological polar surface area (TPSA) is 55.5 Å². The van der Waals surface area contributed by atoms with Crippen LogP contribution in [-0.2, 0) is 0 Å². The standard InChI is InChI=1S/C12H18FNO2/c1-12(2,7-15)11(14)9-6-8(13)4-5-10(9)16-3/h4-6,11,15H,7,14H2,1-3H3/t11-/m1/s1. The van der Waals surface area contributed by atoms with Gasteiger partial charge in [0.25, 0.3) is 0 Å². The summed E-state index contributed by atoms with van der Waals surface area (Å²) in [7, 11) is 1.51. The Morgan fingerprint density at radius 1 is 1.50 bits per heavy atom. The lowest BCUT2D eigenvalue weighted by molar-refractivity contribution is 0.131. The van der Waals surface area contributed by atoms with Crippen LogP contribution in [0.5, 0.6) is 5.75 Å². The third-order valence-corrected chi connectivity index (χ3v) is 2.78. The predicted molar refractivity (Wildman–Crippen MR) is 60.7 cm³/mol. The van der Waals surface area contributed by atoms with Gasteiger partial charge in [-0.3, -0.25) is 0 Å². The highest BCUT2D eigenvalue weighted by atomic mass is 19.1. The number of ether oxygens (including phenoxy) is 1. The van der Waals surface area contributed by atoms with Gasteiger partial charge in [-0.05, 0) is 18.2 Å². The van der Waals surface area contributed by atoms with Gasteiger partial charge in [0.05, 0.1) is 7.11 Å². The van der Waals surface area contributed by atoms with E-state index in [1.165, 1.54) is 25.3 Å². The van der Waals surface area contributed by atoms with Gasteiger partial charge in [-0.15, -0.1) is 0 Å². The average molecular weight is 227 g/mol. The molecule has 0 amide bonds. The van der Waals surface area contributed by atoms with Crippen LogP contribution in [0.15, 0.2) is 18.2 Å². The van der Waals surface area contributed by atoms with Crippen LogP contribution in [0.25, 0.3) is 0 Å². The first kappa shape index (κ1) is 12.9. The molecule has 1 atom stereocenters. The van der Waals surface area contributed by atoms with Crippen LogP contribution in [0, 0.1) is 11.2 Å². The highest BCUT2D eigenvalue weighted by Gasteiger charge is 2.29. The minimum atomic E-state index is -0.527. The van der Waals surface area contributed by atoms with Crippen LogP contribution in [0.3, 0.4) is 0 Å². The maximum atomic E-state index is 13.2. The SMILES string of the molecule is COc1ccc(F)cc1[C@@H](N)C(C)(C)CO. The van der Waals surface area contributed by atoms with Crippen molar-refractivity contribution in [3.8, 4) is 5.75 Å². The summed E-state index contributed by atoms with van der Waals surface area (Å²) in [5, 5.41) is 9.24. The molecule has 0 saturated carbocycles. The number of benzene rings is 1. The second kappa shape index (κ2) is 4.80. The molecule has 0 aliphatic rings. The normalized spacial score (nSPS) is 13.6. The van der Waals surface area contributed by atoms with E-state index in [0.29, 0.717) is 11.3 Å². The van der Waals surface area contributed by atoms with Gasteiger partial charge < -0.3 is 15.6 Å². The molecule has 1 rings (SSSR count). The van der Waals surface area contributed by atoms with Crippen molar-refractivity contribution >= 4 is 0 Å². The minimum Gasteiger partial charge on any atom is -0.496 e. The van der Waals surface area contributed by atoms with Crippen molar-refractivity contribution in [2.75, 3.05) is 13.7 Å². The zero-order chi connectivity index (χ0) is 12.3. The molecule has 90 valence electrons. The van der Waals surface area contributed by atoms with Gasteiger partial charge in [-0.1, -0.05) is 13.8 Å². The van der Waals surface area contributed by atoms with E-state index in [-0.39, 0.29) is 12.4 Å². The number of nitrogens with two attached hydrogens (primary N) is 1. The summed E-state index contributed by atoms with van der Waals surface area (Å²) in [6.07, 6.45) is 0. The Labute approximate surface area is 95.0 Å². The second-order valence-corrected chi connectivity index (χ2v) is 4.51. The van der Waals surface area contributed by atoms with Crippen molar-refractivity contribution in [3.05, 3.63) is 29.6 Å². The fraction of sp³-hybridized carbons (Fsp3) is 0.500. The van der Waals surface area contributed by atoms with Crippen LogP contribution in [0.2, 0.25) is 0 Å². The van der Waals surface area contributed by atoms with Gasteiger partial charge in [0, 0.05) is 23.6 Å². The average Bonchev–Trinajstić information content (AvgIpc) is 2.28. The van der Waals surface area contributed by atoms with E-state index in [0.717, 1.165) is 0 Å². The molecule has 0 aliphatic heterocycles. The predicted octanol–water partition coefficient (Wildman–Crippen LogP) is 1.85. The Balaban J connectivity index is 3.16. The summed E-state index contributed by atoms with van der Waals surface area (Å²) in [5.41, 5.74) is 6.07. The molecule has 0 spiro atoms. The molecule has 0 fully saturated rings. The molecule has 16 heavy (non-hydrogen) atoms. The Kier molecular flexibility index (Phi) is 3.88. The quantitative estimate of drug-likeness (QED) is 0.825. The molecule has 3 nitrogen and oxygen atoms in total. The summed E-state index contributed by atoms with van der Waals surface area (Å²) < 4.78 is 18.3. The number of halogens is 1. The van der Waals surface area contributed by atoms with Crippen molar-refractivity contribution in [3.63, 3.8) is 0 Å². The van der Waals surface area contributed by atoms with E-state index >= 15 is 0 Å². The van der Waals surface area contributed by atoms with E-state index in [1.54, 1.807) is 0 Å². The first-order chi connectivity index (χ1) is 7.42. The lowest BCUT2D eigenvalue weighted by Crippen LogP contribution is -2.32. The van der Waals surface area contributed by atoms with Crippen molar-refractivity contribution in [2.45, 2.75) is 19.9 Å². The van der Waals surface area contributed by atoms with Crippen molar-refractivity contribution < 1.29 is 14.2 Å². The highest BCUT2D eigenvalue weighted by molar-refractivity contribution is 5.37. The van der Waals surface area contributed by atoms with Gasteiger partial charge in [-0.2, -0.15) is 0 Å². The van der Waals surface area contributed by atoms with Gasteiger partial charge in [0.15, 0.2) is 0 Å². The zero-order valence-electron chi connectivity index (χ0n) is 9.83. The Morgan fingerprint density at radius 2 is 2.12 bits per heavy atom. The Morgan fingerprint density at radius 3 is 2.62 bits per heavy atom. The highest BCUT2D eigenvalue weighted by Crippen LogP contribution is 2.35. The van der Waals surface area contributed by atoms with Crippen LogP contribution >= 0.6 is 0 Å². The molecule has 1 aromatic rings. The van der Waals surface area contributed by atoms with Gasteiger partial charge in [0.1, 0.15) is 11.6 Å². The van der Waals surface area contributed by atoms with Gasteiger partial charge in [0.2, 0.25) is 0 Å².